The van der Waals surface area contributed by atoms with Gasteiger partial charge in [0.15, 0.2) is 6.61 Å². The number of aromatic nitrogens is 1. The number of hydrazine groups is 1. The van der Waals surface area contributed by atoms with Crippen LogP contribution >= 0.6 is 0 Å². The molecule has 148 valence electrons. The lowest BCUT2D eigenvalue weighted by Crippen LogP contribution is -2.45. The fourth-order valence-corrected chi connectivity index (χ4v) is 2.73. The minimum atomic E-state index is -0.705. The van der Waals surface area contributed by atoms with Crippen LogP contribution in [0.2, 0.25) is 0 Å². The predicted octanol–water partition coefficient (Wildman–Crippen LogP) is 2.11. The zero-order valence-corrected chi connectivity index (χ0v) is 15.9. The number of nitrogens with one attached hydrogen (secondary N) is 3. The predicted molar refractivity (Wildman–Crippen MR) is 109 cm³/mol. The van der Waals surface area contributed by atoms with Gasteiger partial charge in [0.1, 0.15) is 11.3 Å². The number of para-hydroxylation sites is 1. The highest BCUT2D eigenvalue weighted by atomic mass is 16.5. The molecule has 1 aromatic heterocycles. The molecule has 0 saturated carbocycles. The number of benzene rings is 2. The number of pyridine rings is 1. The van der Waals surface area contributed by atoms with Crippen molar-refractivity contribution in [3.8, 4) is 5.75 Å². The molecular formula is C22H21N3O4. The second-order valence-corrected chi connectivity index (χ2v) is 6.45. The van der Waals surface area contributed by atoms with Crippen LogP contribution in [0.25, 0.3) is 0 Å². The van der Waals surface area contributed by atoms with E-state index in [1.165, 1.54) is 6.07 Å². The van der Waals surface area contributed by atoms with Gasteiger partial charge in [-0.05, 0) is 36.2 Å². The van der Waals surface area contributed by atoms with E-state index in [9.17, 15) is 14.4 Å². The molecule has 0 aliphatic carbocycles. The van der Waals surface area contributed by atoms with Gasteiger partial charge in [-0.3, -0.25) is 25.2 Å². The summed E-state index contributed by atoms with van der Waals surface area (Å²) >= 11 is 0. The van der Waals surface area contributed by atoms with Gasteiger partial charge >= 0.3 is 0 Å². The minimum absolute atomic E-state index is 0.0926. The van der Waals surface area contributed by atoms with Crippen LogP contribution in [-0.2, 0) is 11.2 Å². The van der Waals surface area contributed by atoms with Gasteiger partial charge in [0, 0.05) is 12.1 Å². The molecule has 3 rings (SSSR count). The molecule has 3 N–H and O–H groups in total. The number of ether oxygens (including phenoxy) is 1. The van der Waals surface area contributed by atoms with Crippen molar-refractivity contribution >= 4 is 11.8 Å². The molecule has 0 spiro atoms. The second kappa shape index (κ2) is 9.36. The summed E-state index contributed by atoms with van der Waals surface area (Å²) in [5, 5.41) is 0. The fourth-order valence-electron chi connectivity index (χ4n) is 2.73. The first-order chi connectivity index (χ1) is 14.0. The van der Waals surface area contributed by atoms with Crippen molar-refractivity contribution in [1.29, 1.82) is 0 Å². The van der Waals surface area contributed by atoms with Crippen molar-refractivity contribution in [2.24, 2.45) is 0 Å². The Kier molecular flexibility index (Phi) is 6.42. The topological polar surface area (TPSA) is 100 Å². The van der Waals surface area contributed by atoms with Crippen LogP contribution in [0.5, 0.6) is 5.75 Å². The molecule has 0 saturated heterocycles. The van der Waals surface area contributed by atoms with Gasteiger partial charge < -0.3 is 9.72 Å². The first-order valence-corrected chi connectivity index (χ1v) is 9.06. The Labute approximate surface area is 167 Å². The van der Waals surface area contributed by atoms with Gasteiger partial charge in [-0.1, -0.05) is 48.5 Å². The van der Waals surface area contributed by atoms with E-state index in [2.05, 4.69) is 15.8 Å². The molecule has 0 fully saturated rings. The third-order valence-electron chi connectivity index (χ3n) is 4.18. The molecule has 0 radical (unpaired) electrons. The molecule has 0 unspecified atom stereocenters. The van der Waals surface area contributed by atoms with Gasteiger partial charge in [0.05, 0.1) is 0 Å². The van der Waals surface area contributed by atoms with Crippen LogP contribution in [0.3, 0.4) is 0 Å². The normalized spacial score (nSPS) is 10.2. The summed E-state index contributed by atoms with van der Waals surface area (Å²) in [5.74, 6) is -0.659. The van der Waals surface area contributed by atoms with Gasteiger partial charge in [-0.15, -0.1) is 0 Å². The van der Waals surface area contributed by atoms with Crippen molar-refractivity contribution in [2.45, 2.75) is 13.3 Å². The van der Waals surface area contributed by atoms with Crippen molar-refractivity contribution in [3.05, 3.63) is 99.5 Å². The Balaban J connectivity index is 1.54. The van der Waals surface area contributed by atoms with Crippen molar-refractivity contribution < 1.29 is 14.3 Å². The highest BCUT2D eigenvalue weighted by Crippen LogP contribution is 2.21. The lowest BCUT2D eigenvalue weighted by molar-refractivity contribution is -0.123. The quantitative estimate of drug-likeness (QED) is 0.560. The summed E-state index contributed by atoms with van der Waals surface area (Å²) in [6.07, 6.45) is 0.672. The Morgan fingerprint density at radius 2 is 1.66 bits per heavy atom. The van der Waals surface area contributed by atoms with E-state index < -0.39 is 17.4 Å². The average molecular weight is 391 g/mol. The van der Waals surface area contributed by atoms with E-state index >= 15 is 0 Å². The number of carbonyl (C=O) groups is 2. The number of amides is 2. The number of H-pyrrole nitrogens is 1. The zero-order valence-electron chi connectivity index (χ0n) is 15.9. The Hall–Kier alpha value is -3.87. The van der Waals surface area contributed by atoms with Crippen LogP contribution in [-0.4, -0.2) is 23.4 Å². The Morgan fingerprint density at radius 1 is 0.931 bits per heavy atom. The SMILES string of the molecule is Cc1ccc(C(=O)NNC(=O)COc2ccccc2Cc2ccccc2)c(=O)[nH]1. The van der Waals surface area contributed by atoms with Crippen LogP contribution < -0.4 is 21.1 Å². The summed E-state index contributed by atoms with van der Waals surface area (Å²) in [6.45, 7) is 1.42. The Morgan fingerprint density at radius 3 is 2.41 bits per heavy atom. The first-order valence-electron chi connectivity index (χ1n) is 9.06. The van der Waals surface area contributed by atoms with Gasteiger partial charge in [0.25, 0.3) is 17.4 Å². The molecule has 1 heterocycles. The lowest BCUT2D eigenvalue weighted by atomic mass is 10.0. The van der Waals surface area contributed by atoms with E-state index in [0.717, 1.165) is 11.1 Å². The number of carbonyl (C=O) groups excluding carboxylic acids is 2. The van der Waals surface area contributed by atoms with Crippen LogP contribution in [0, 0.1) is 6.92 Å². The highest BCUT2D eigenvalue weighted by molar-refractivity contribution is 5.95. The molecule has 3 aromatic rings. The second-order valence-electron chi connectivity index (χ2n) is 6.45. The summed E-state index contributed by atoms with van der Waals surface area (Å²) < 4.78 is 5.62. The molecule has 29 heavy (non-hydrogen) atoms. The van der Waals surface area contributed by atoms with Crippen LogP contribution in [0.15, 0.2) is 71.5 Å². The number of rotatable bonds is 6. The minimum Gasteiger partial charge on any atom is -0.483 e. The molecule has 2 aromatic carbocycles. The largest absolute Gasteiger partial charge is 0.483 e. The van der Waals surface area contributed by atoms with Gasteiger partial charge in [-0.25, -0.2) is 0 Å². The highest BCUT2D eigenvalue weighted by Gasteiger charge is 2.12. The van der Waals surface area contributed by atoms with Crippen molar-refractivity contribution in [3.63, 3.8) is 0 Å². The monoisotopic (exact) mass is 391 g/mol. The van der Waals surface area contributed by atoms with E-state index in [-0.39, 0.29) is 12.2 Å². The zero-order chi connectivity index (χ0) is 20.6. The maximum Gasteiger partial charge on any atom is 0.276 e. The summed E-state index contributed by atoms with van der Waals surface area (Å²) in [5.41, 5.74) is 6.55. The number of aromatic amines is 1. The number of hydrogen-bond donors (Lipinski definition) is 3. The summed E-state index contributed by atoms with van der Waals surface area (Å²) in [6, 6.07) is 20.4. The molecule has 0 aliphatic heterocycles. The molecule has 0 aliphatic rings. The van der Waals surface area contributed by atoms with E-state index in [0.29, 0.717) is 17.9 Å². The average Bonchev–Trinajstić information content (AvgIpc) is 2.72. The fraction of sp³-hybridized carbons (Fsp3) is 0.136. The summed E-state index contributed by atoms with van der Waals surface area (Å²) in [7, 11) is 0. The lowest BCUT2D eigenvalue weighted by Gasteiger charge is -2.12. The third kappa shape index (κ3) is 5.55. The smallest absolute Gasteiger partial charge is 0.276 e. The van der Waals surface area contributed by atoms with Gasteiger partial charge in [0.2, 0.25) is 0 Å². The van der Waals surface area contributed by atoms with Crippen molar-refractivity contribution in [1.82, 2.24) is 15.8 Å². The van der Waals surface area contributed by atoms with E-state index in [1.807, 2.05) is 48.5 Å². The van der Waals surface area contributed by atoms with E-state index in [4.69, 9.17) is 4.74 Å². The Bertz CT molecular complexity index is 1060. The molecule has 0 atom stereocenters. The molecule has 7 heteroatoms. The number of hydrogen-bond acceptors (Lipinski definition) is 4. The standard InChI is InChI=1S/C22H21N3O4/c1-15-11-12-18(21(27)23-15)22(28)25-24-20(26)14-29-19-10-6-5-9-17(19)13-16-7-3-2-4-8-16/h2-12H,13-14H2,1H3,(H,23,27)(H,24,26)(H,25,28). The number of aryl methyl sites for hydroxylation is 1. The molecule has 0 bridgehead atoms. The van der Waals surface area contributed by atoms with Gasteiger partial charge in [-0.2, -0.15) is 0 Å². The van der Waals surface area contributed by atoms with E-state index in [1.54, 1.807) is 19.1 Å². The molecular weight excluding hydrogens is 370 g/mol. The van der Waals surface area contributed by atoms with Crippen LogP contribution in [0.1, 0.15) is 27.2 Å². The molecule has 2 amide bonds. The first kappa shape index (κ1) is 19.9. The van der Waals surface area contributed by atoms with Crippen LogP contribution in [0.4, 0.5) is 0 Å². The molecule has 7 nitrogen and oxygen atoms in total. The summed E-state index contributed by atoms with van der Waals surface area (Å²) in [4.78, 5) is 38.3. The van der Waals surface area contributed by atoms with Crippen molar-refractivity contribution in [2.75, 3.05) is 6.61 Å². The third-order valence-corrected chi connectivity index (χ3v) is 4.18. The maximum atomic E-state index is 12.0. The maximum absolute atomic E-state index is 12.0.